The molecule has 0 aromatic carbocycles. The molecule has 4 heterocycles. The largest absolute Gasteiger partial charge is 0.339 e. The van der Waals surface area contributed by atoms with E-state index in [1.54, 1.807) is 11.3 Å². The molecule has 134 valence electrons. The maximum Gasteiger partial charge on any atom is 0.222 e. The highest BCUT2D eigenvalue weighted by molar-refractivity contribution is 7.09. The van der Waals surface area contributed by atoms with Crippen LogP contribution < -0.4 is 0 Å². The van der Waals surface area contributed by atoms with Crippen molar-refractivity contribution in [2.24, 2.45) is 5.92 Å². The number of hydrogen-bond donors (Lipinski definition) is 0. The molecule has 2 aliphatic heterocycles. The van der Waals surface area contributed by atoms with Crippen molar-refractivity contribution in [3.05, 3.63) is 33.0 Å². The number of carbonyl (C=O) groups excluding carboxylic acids is 1. The van der Waals surface area contributed by atoms with Crippen molar-refractivity contribution in [1.29, 1.82) is 0 Å². The number of aromatic nitrogens is 2. The maximum absolute atomic E-state index is 12.5. The standard InChI is InChI=1S/C18H24N4OS2/c1-13-17(25-20-19-13)12-21-8-7-16-14(11-21)4-5-18(23)22(16)9-6-15-3-2-10-24-15/h2-3,10,14,16H,4-9,11-12H2,1H3/t14-,16+/m0/s1. The van der Waals surface area contributed by atoms with Gasteiger partial charge in [-0.1, -0.05) is 10.6 Å². The molecule has 5 nitrogen and oxygen atoms in total. The predicted octanol–water partition coefficient (Wildman–Crippen LogP) is 2.96. The third-order valence-corrected chi connectivity index (χ3v) is 7.26. The van der Waals surface area contributed by atoms with Crippen LogP contribution in [-0.2, 0) is 17.8 Å². The minimum atomic E-state index is 0.355. The number of piperidine rings is 2. The third-order valence-electron chi connectivity index (χ3n) is 5.52. The number of aryl methyl sites for hydroxylation is 1. The molecule has 25 heavy (non-hydrogen) atoms. The molecule has 4 rings (SSSR count). The van der Waals surface area contributed by atoms with Gasteiger partial charge in [-0.15, -0.1) is 16.4 Å². The Hall–Kier alpha value is -1.31. The molecule has 0 unspecified atom stereocenters. The van der Waals surface area contributed by atoms with Crippen LogP contribution in [0.25, 0.3) is 0 Å². The molecule has 2 saturated heterocycles. The van der Waals surface area contributed by atoms with Gasteiger partial charge in [0.2, 0.25) is 5.91 Å². The average molecular weight is 377 g/mol. The number of nitrogens with zero attached hydrogens (tertiary/aromatic N) is 4. The Morgan fingerprint density at radius 1 is 1.36 bits per heavy atom. The summed E-state index contributed by atoms with van der Waals surface area (Å²) in [6.07, 6.45) is 3.82. The van der Waals surface area contributed by atoms with E-state index in [9.17, 15) is 4.79 Å². The lowest BCUT2D eigenvalue weighted by Crippen LogP contribution is -2.56. The van der Waals surface area contributed by atoms with E-state index in [1.165, 1.54) is 21.3 Å². The minimum Gasteiger partial charge on any atom is -0.339 e. The number of amides is 1. The molecule has 1 amide bonds. The van der Waals surface area contributed by atoms with Crippen LogP contribution >= 0.6 is 22.9 Å². The van der Waals surface area contributed by atoms with Gasteiger partial charge in [-0.25, -0.2) is 0 Å². The number of fused-ring (bicyclic) bond motifs is 1. The first kappa shape index (κ1) is 17.1. The lowest BCUT2D eigenvalue weighted by Gasteiger charge is -2.47. The third kappa shape index (κ3) is 3.78. The topological polar surface area (TPSA) is 49.3 Å². The minimum absolute atomic E-state index is 0.355. The molecule has 7 heteroatoms. The molecule has 0 spiro atoms. The molecule has 2 aromatic rings. The molecule has 0 radical (unpaired) electrons. The molecule has 0 saturated carbocycles. The number of hydrogen-bond acceptors (Lipinski definition) is 6. The highest BCUT2D eigenvalue weighted by Crippen LogP contribution is 2.32. The number of rotatable bonds is 5. The monoisotopic (exact) mass is 376 g/mol. The van der Waals surface area contributed by atoms with Crippen LogP contribution in [0, 0.1) is 12.8 Å². The van der Waals surface area contributed by atoms with Crippen molar-refractivity contribution in [2.75, 3.05) is 19.6 Å². The van der Waals surface area contributed by atoms with Gasteiger partial charge in [-0.05, 0) is 55.1 Å². The Morgan fingerprint density at radius 3 is 3.04 bits per heavy atom. The maximum atomic E-state index is 12.5. The molecule has 2 fully saturated rings. The lowest BCUT2D eigenvalue weighted by atomic mass is 9.83. The lowest BCUT2D eigenvalue weighted by molar-refractivity contribution is -0.141. The molecule has 0 aliphatic carbocycles. The SMILES string of the molecule is Cc1nnsc1CN1CC[C@@H]2[C@@H](CCC(=O)N2CCc2cccs2)C1. The molecular weight excluding hydrogens is 352 g/mol. The first-order valence-corrected chi connectivity index (χ1v) is 10.7. The van der Waals surface area contributed by atoms with Gasteiger partial charge in [-0.3, -0.25) is 9.69 Å². The summed E-state index contributed by atoms with van der Waals surface area (Å²) >= 11 is 3.30. The van der Waals surface area contributed by atoms with Crippen molar-refractivity contribution >= 4 is 28.8 Å². The summed E-state index contributed by atoms with van der Waals surface area (Å²) < 4.78 is 4.05. The van der Waals surface area contributed by atoms with Gasteiger partial charge in [0.05, 0.1) is 10.6 Å². The van der Waals surface area contributed by atoms with Crippen molar-refractivity contribution in [1.82, 2.24) is 19.4 Å². The average Bonchev–Trinajstić information content (AvgIpc) is 3.26. The van der Waals surface area contributed by atoms with Gasteiger partial charge >= 0.3 is 0 Å². The van der Waals surface area contributed by atoms with Crippen LogP contribution in [0.4, 0.5) is 0 Å². The predicted molar refractivity (Wildman–Crippen MR) is 101 cm³/mol. The quantitative estimate of drug-likeness (QED) is 0.805. The fourth-order valence-electron chi connectivity index (χ4n) is 4.15. The van der Waals surface area contributed by atoms with E-state index in [-0.39, 0.29) is 0 Å². The Bertz CT molecular complexity index is 714. The van der Waals surface area contributed by atoms with Crippen LogP contribution in [-0.4, -0.2) is 51.0 Å². The first-order chi connectivity index (χ1) is 12.2. The fourth-order valence-corrected chi connectivity index (χ4v) is 5.52. The van der Waals surface area contributed by atoms with Crippen LogP contribution in [0.5, 0.6) is 0 Å². The molecule has 0 bridgehead atoms. The summed E-state index contributed by atoms with van der Waals surface area (Å²) in [5.74, 6) is 0.963. The van der Waals surface area contributed by atoms with E-state index >= 15 is 0 Å². The smallest absolute Gasteiger partial charge is 0.222 e. The second-order valence-corrected chi connectivity index (χ2v) is 8.96. The van der Waals surface area contributed by atoms with Gasteiger partial charge in [0, 0.05) is 43.5 Å². The number of carbonyl (C=O) groups is 1. The van der Waals surface area contributed by atoms with E-state index in [0.717, 1.165) is 51.1 Å². The van der Waals surface area contributed by atoms with E-state index < -0.39 is 0 Å². The van der Waals surface area contributed by atoms with Crippen LogP contribution in [0.1, 0.15) is 34.7 Å². The molecular formula is C18H24N4OS2. The van der Waals surface area contributed by atoms with Crippen molar-refractivity contribution < 1.29 is 4.79 Å². The Balaban J connectivity index is 1.38. The Labute approximate surface area is 156 Å². The highest BCUT2D eigenvalue weighted by Gasteiger charge is 2.39. The van der Waals surface area contributed by atoms with E-state index in [0.29, 0.717) is 24.3 Å². The summed E-state index contributed by atoms with van der Waals surface area (Å²) in [5, 5.41) is 6.24. The molecule has 0 N–H and O–H groups in total. The summed E-state index contributed by atoms with van der Waals surface area (Å²) in [5.41, 5.74) is 1.06. The van der Waals surface area contributed by atoms with Crippen LogP contribution in [0.15, 0.2) is 17.5 Å². The summed E-state index contributed by atoms with van der Waals surface area (Å²) in [4.78, 5) is 19.9. The number of thiophene rings is 1. The number of likely N-dealkylation sites (tertiary alicyclic amines) is 2. The van der Waals surface area contributed by atoms with E-state index in [4.69, 9.17) is 0 Å². The second kappa shape index (κ2) is 7.51. The fraction of sp³-hybridized carbons (Fsp3) is 0.611. The van der Waals surface area contributed by atoms with Crippen LogP contribution in [0.2, 0.25) is 0 Å². The van der Waals surface area contributed by atoms with E-state index in [2.05, 4.69) is 36.9 Å². The molecule has 2 atom stereocenters. The van der Waals surface area contributed by atoms with Gasteiger partial charge in [0.25, 0.3) is 0 Å². The summed E-state index contributed by atoms with van der Waals surface area (Å²) in [6.45, 7) is 6.01. The summed E-state index contributed by atoms with van der Waals surface area (Å²) in [6, 6.07) is 4.69. The van der Waals surface area contributed by atoms with Gasteiger partial charge in [-0.2, -0.15) is 0 Å². The van der Waals surface area contributed by atoms with Crippen molar-refractivity contribution in [3.63, 3.8) is 0 Å². The zero-order valence-electron chi connectivity index (χ0n) is 14.6. The zero-order chi connectivity index (χ0) is 17.2. The first-order valence-electron chi connectivity index (χ1n) is 9.03. The zero-order valence-corrected chi connectivity index (χ0v) is 16.2. The van der Waals surface area contributed by atoms with Crippen molar-refractivity contribution in [3.8, 4) is 0 Å². The Kier molecular flexibility index (Phi) is 5.15. The highest BCUT2D eigenvalue weighted by atomic mass is 32.1. The van der Waals surface area contributed by atoms with Gasteiger partial charge in [0.15, 0.2) is 0 Å². The van der Waals surface area contributed by atoms with Crippen molar-refractivity contribution in [2.45, 2.75) is 45.2 Å². The van der Waals surface area contributed by atoms with Crippen LogP contribution in [0.3, 0.4) is 0 Å². The molecule has 2 aliphatic rings. The van der Waals surface area contributed by atoms with E-state index in [1.807, 2.05) is 6.92 Å². The van der Waals surface area contributed by atoms with Gasteiger partial charge in [0.1, 0.15) is 0 Å². The Morgan fingerprint density at radius 2 is 2.28 bits per heavy atom. The summed E-state index contributed by atoms with van der Waals surface area (Å²) in [7, 11) is 0. The molecule has 2 aromatic heterocycles. The normalized spacial score (nSPS) is 24.5. The van der Waals surface area contributed by atoms with Gasteiger partial charge < -0.3 is 4.90 Å². The second-order valence-electron chi connectivity index (χ2n) is 7.09.